The second kappa shape index (κ2) is 5.12. The van der Waals surface area contributed by atoms with Gasteiger partial charge in [0.25, 0.3) is 0 Å². The summed E-state index contributed by atoms with van der Waals surface area (Å²) in [6, 6.07) is 1.82. The van der Waals surface area contributed by atoms with Gasteiger partial charge in [-0.25, -0.2) is 4.98 Å². The Kier molecular flexibility index (Phi) is 3.95. The minimum Gasteiger partial charge on any atom is -0.388 e. The maximum absolute atomic E-state index is 10.3. The van der Waals surface area contributed by atoms with Crippen molar-refractivity contribution in [3.63, 3.8) is 0 Å². The number of pyridine rings is 1. The summed E-state index contributed by atoms with van der Waals surface area (Å²) >= 11 is 9.47. The Morgan fingerprint density at radius 3 is 2.76 bits per heavy atom. The van der Waals surface area contributed by atoms with E-state index in [1.807, 2.05) is 18.0 Å². The van der Waals surface area contributed by atoms with Crippen molar-refractivity contribution in [3.8, 4) is 0 Å². The molecule has 1 N–H and O–H groups in total. The smallest absolute Gasteiger partial charge is 0.147 e. The molecule has 1 fully saturated rings. The molecular formula is C12H16BrClN2O. The van der Waals surface area contributed by atoms with Crippen LogP contribution in [0.15, 0.2) is 16.7 Å². The molecule has 3 nitrogen and oxygen atoms in total. The fourth-order valence-corrected chi connectivity index (χ4v) is 3.17. The van der Waals surface area contributed by atoms with Gasteiger partial charge in [0.2, 0.25) is 0 Å². The SMILES string of the molecule is CN(CC1(O)CCCC1)c1ncc(Br)cc1Cl. The van der Waals surface area contributed by atoms with Gasteiger partial charge in [0.05, 0.1) is 10.6 Å². The highest BCUT2D eigenvalue weighted by molar-refractivity contribution is 9.10. The molecule has 1 aromatic rings. The van der Waals surface area contributed by atoms with Gasteiger partial charge in [-0.15, -0.1) is 0 Å². The molecule has 0 spiro atoms. The van der Waals surface area contributed by atoms with E-state index in [-0.39, 0.29) is 0 Å². The second-order valence-electron chi connectivity index (χ2n) is 4.75. The second-order valence-corrected chi connectivity index (χ2v) is 6.07. The van der Waals surface area contributed by atoms with E-state index in [0.29, 0.717) is 11.6 Å². The molecule has 1 saturated carbocycles. The lowest BCUT2D eigenvalue weighted by Gasteiger charge is -2.29. The van der Waals surface area contributed by atoms with Gasteiger partial charge in [0.15, 0.2) is 0 Å². The molecule has 0 unspecified atom stereocenters. The summed E-state index contributed by atoms with van der Waals surface area (Å²) in [6.07, 6.45) is 5.66. The molecule has 0 radical (unpaired) electrons. The fourth-order valence-electron chi connectivity index (χ4n) is 2.40. The van der Waals surface area contributed by atoms with E-state index in [0.717, 1.165) is 36.0 Å². The van der Waals surface area contributed by atoms with Crippen molar-refractivity contribution < 1.29 is 5.11 Å². The molecule has 1 aliphatic rings. The first kappa shape index (κ1) is 13.1. The molecule has 1 aliphatic carbocycles. The lowest BCUT2D eigenvalue weighted by atomic mass is 10.0. The summed E-state index contributed by atoms with van der Waals surface area (Å²) in [4.78, 5) is 6.22. The quantitative estimate of drug-likeness (QED) is 0.929. The van der Waals surface area contributed by atoms with Crippen molar-refractivity contribution in [1.82, 2.24) is 4.98 Å². The third-order valence-corrected chi connectivity index (χ3v) is 3.93. The summed E-state index contributed by atoms with van der Waals surface area (Å²) in [6.45, 7) is 0.585. The molecule has 0 aliphatic heterocycles. The largest absolute Gasteiger partial charge is 0.388 e. The average molecular weight is 320 g/mol. The van der Waals surface area contributed by atoms with Crippen molar-refractivity contribution in [2.75, 3.05) is 18.5 Å². The lowest BCUT2D eigenvalue weighted by molar-refractivity contribution is 0.0558. The number of aliphatic hydroxyl groups is 1. The fraction of sp³-hybridized carbons (Fsp3) is 0.583. The highest BCUT2D eigenvalue weighted by atomic mass is 79.9. The molecule has 94 valence electrons. The number of hydrogen-bond acceptors (Lipinski definition) is 3. The van der Waals surface area contributed by atoms with Crippen LogP contribution >= 0.6 is 27.5 Å². The Balaban J connectivity index is 2.11. The van der Waals surface area contributed by atoms with Crippen molar-refractivity contribution in [3.05, 3.63) is 21.8 Å². The van der Waals surface area contributed by atoms with Crippen molar-refractivity contribution in [1.29, 1.82) is 0 Å². The Morgan fingerprint density at radius 2 is 2.18 bits per heavy atom. The maximum atomic E-state index is 10.3. The highest BCUT2D eigenvalue weighted by Crippen LogP contribution is 2.32. The normalized spacial score (nSPS) is 18.4. The van der Waals surface area contributed by atoms with E-state index in [9.17, 15) is 5.11 Å². The van der Waals surface area contributed by atoms with Crippen LogP contribution in [0.3, 0.4) is 0 Å². The molecule has 0 amide bonds. The van der Waals surface area contributed by atoms with E-state index in [2.05, 4.69) is 20.9 Å². The Hall–Kier alpha value is -0.320. The minimum atomic E-state index is -0.577. The van der Waals surface area contributed by atoms with Crippen LogP contribution in [0.2, 0.25) is 5.02 Å². The van der Waals surface area contributed by atoms with E-state index >= 15 is 0 Å². The number of likely N-dealkylation sites (N-methyl/N-ethyl adjacent to an activating group) is 1. The van der Waals surface area contributed by atoms with Gasteiger partial charge >= 0.3 is 0 Å². The zero-order valence-electron chi connectivity index (χ0n) is 9.79. The van der Waals surface area contributed by atoms with E-state index in [1.165, 1.54) is 0 Å². The molecule has 5 heteroatoms. The number of anilines is 1. The van der Waals surface area contributed by atoms with Gasteiger partial charge in [-0.05, 0) is 34.8 Å². The van der Waals surface area contributed by atoms with E-state index in [1.54, 1.807) is 6.20 Å². The van der Waals surface area contributed by atoms with Gasteiger partial charge in [0, 0.05) is 24.3 Å². The summed E-state index contributed by atoms with van der Waals surface area (Å²) in [5.74, 6) is 0.718. The van der Waals surface area contributed by atoms with Crippen LogP contribution in [0.1, 0.15) is 25.7 Å². The number of aromatic nitrogens is 1. The van der Waals surface area contributed by atoms with Gasteiger partial charge in [-0.1, -0.05) is 24.4 Å². The van der Waals surface area contributed by atoms with E-state index in [4.69, 9.17) is 11.6 Å². The van der Waals surface area contributed by atoms with E-state index < -0.39 is 5.60 Å². The van der Waals surface area contributed by atoms with Crippen LogP contribution in [0.25, 0.3) is 0 Å². The number of hydrogen-bond donors (Lipinski definition) is 1. The molecule has 0 atom stereocenters. The number of halogens is 2. The molecule has 17 heavy (non-hydrogen) atoms. The van der Waals surface area contributed by atoms with Gasteiger partial charge in [0.1, 0.15) is 5.82 Å². The lowest BCUT2D eigenvalue weighted by Crippen LogP contribution is -2.39. The Labute approximate surface area is 115 Å². The summed E-state index contributed by atoms with van der Waals surface area (Å²) in [7, 11) is 1.92. The molecule has 1 heterocycles. The average Bonchev–Trinajstić information content (AvgIpc) is 2.64. The minimum absolute atomic E-state index is 0.577. The third-order valence-electron chi connectivity index (χ3n) is 3.22. The first-order chi connectivity index (χ1) is 8.00. The van der Waals surface area contributed by atoms with Crippen LogP contribution in [-0.2, 0) is 0 Å². The van der Waals surface area contributed by atoms with Crippen LogP contribution in [0.5, 0.6) is 0 Å². The molecule has 0 bridgehead atoms. The molecule has 2 rings (SSSR count). The first-order valence-electron chi connectivity index (χ1n) is 5.75. The maximum Gasteiger partial charge on any atom is 0.147 e. The monoisotopic (exact) mass is 318 g/mol. The van der Waals surface area contributed by atoms with Crippen LogP contribution in [0, 0.1) is 0 Å². The Bertz CT molecular complexity index is 407. The molecular weight excluding hydrogens is 304 g/mol. The van der Waals surface area contributed by atoms with Crippen LogP contribution in [-0.4, -0.2) is 29.3 Å². The Morgan fingerprint density at radius 1 is 1.53 bits per heavy atom. The van der Waals surface area contributed by atoms with Crippen LogP contribution < -0.4 is 4.90 Å². The van der Waals surface area contributed by atoms with Gasteiger partial charge in [-0.2, -0.15) is 0 Å². The third kappa shape index (κ3) is 3.12. The molecule has 1 aromatic heterocycles. The van der Waals surface area contributed by atoms with Crippen molar-refractivity contribution >= 4 is 33.3 Å². The summed E-state index contributed by atoms with van der Waals surface area (Å²) in [5.41, 5.74) is -0.577. The molecule has 0 aromatic carbocycles. The zero-order valence-corrected chi connectivity index (χ0v) is 12.1. The standard InChI is InChI=1S/C12H16BrClN2O/c1-16(8-12(17)4-2-3-5-12)11-10(14)6-9(13)7-15-11/h6-7,17H,2-5,8H2,1H3. The summed E-state index contributed by atoms with van der Waals surface area (Å²) in [5, 5.41) is 10.9. The predicted octanol–water partition coefficient (Wildman–Crippen LogP) is 3.24. The van der Waals surface area contributed by atoms with Crippen molar-refractivity contribution in [2.24, 2.45) is 0 Å². The van der Waals surface area contributed by atoms with Gasteiger partial charge < -0.3 is 10.0 Å². The van der Waals surface area contributed by atoms with Gasteiger partial charge in [-0.3, -0.25) is 0 Å². The topological polar surface area (TPSA) is 36.4 Å². The van der Waals surface area contributed by atoms with Crippen molar-refractivity contribution in [2.45, 2.75) is 31.3 Å². The number of rotatable bonds is 3. The highest BCUT2D eigenvalue weighted by Gasteiger charge is 2.32. The molecule has 0 saturated heterocycles. The summed E-state index contributed by atoms with van der Waals surface area (Å²) < 4.78 is 0.860. The predicted molar refractivity (Wildman–Crippen MR) is 73.6 cm³/mol. The number of nitrogens with zero attached hydrogens (tertiary/aromatic N) is 2. The van der Waals surface area contributed by atoms with Crippen LogP contribution in [0.4, 0.5) is 5.82 Å². The zero-order chi connectivity index (χ0) is 12.5. The first-order valence-corrected chi connectivity index (χ1v) is 6.92.